The van der Waals surface area contributed by atoms with Gasteiger partial charge in [-0.15, -0.1) is 0 Å². The van der Waals surface area contributed by atoms with Gasteiger partial charge in [0.2, 0.25) is 5.95 Å². The summed E-state index contributed by atoms with van der Waals surface area (Å²) in [6.45, 7) is 3.49. The van der Waals surface area contributed by atoms with Crippen molar-refractivity contribution in [3.8, 4) is 0 Å². The minimum absolute atomic E-state index is 0.492. The third-order valence-corrected chi connectivity index (χ3v) is 3.27. The second-order valence-electron chi connectivity index (χ2n) is 4.46. The van der Waals surface area contributed by atoms with E-state index in [4.69, 9.17) is 16.3 Å². The highest BCUT2D eigenvalue weighted by Crippen LogP contribution is 2.23. The highest BCUT2D eigenvalue weighted by atomic mass is 35.5. The molecule has 0 radical (unpaired) electrons. The fourth-order valence-corrected chi connectivity index (χ4v) is 2.17. The molecule has 1 aromatic rings. The summed E-state index contributed by atoms with van der Waals surface area (Å²) < 4.78 is 5.05. The molecule has 2 rings (SSSR count). The summed E-state index contributed by atoms with van der Waals surface area (Å²) in [6.07, 6.45) is 2.44. The zero-order valence-electron chi connectivity index (χ0n) is 10.9. The van der Waals surface area contributed by atoms with Crippen LogP contribution in [0.4, 0.5) is 11.8 Å². The largest absolute Gasteiger partial charge is 0.383 e. The number of hydrogen-bond acceptors (Lipinski definition) is 5. The lowest BCUT2D eigenvalue weighted by Gasteiger charge is -2.21. The summed E-state index contributed by atoms with van der Waals surface area (Å²) in [5.41, 5.74) is 0. The van der Waals surface area contributed by atoms with Crippen molar-refractivity contribution in [2.75, 3.05) is 50.2 Å². The van der Waals surface area contributed by atoms with Crippen LogP contribution in [0.5, 0.6) is 0 Å². The molecule has 0 unspecified atom stereocenters. The Labute approximate surface area is 113 Å². The molecule has 2 heterocycles. The zero-order valence-corrected chi connectivity index (χ0v) is 11.7. The Morgan fingerprint density at radius 3 is 2.78 bits per heavy atom. The van der Waals surface area contributed by atoms with Crippen LogP contribution in [0.15, 0.2) is 6.07 Å². The molecule has 0 amide bonds. The first kappa shape index (κ1) is 13.4. The maximum Gasteiger partial charge on any atom is 0.228 e. The zero-order chi connectivity index (χ0) is 13.0. The number of methoxy groups -OCH3 is 1. The van der Waals surface area contributed by atoms with Crippen molar-refractivity contribution < 1.29 is 4.74 Å². The lowest BCUT2D eigenvalue weighted by Crippen LogP contribution is -2.26. The quantitative estimate of drug-likeness (QED) is 0.764. The van der Waals surface area contributed by atoms with Gasteiger partial charge < -0.3 is 14.5 Å². The van der Waals surface area contributed by atoms with Crippen LogP contribution < -0.4 is 9.80 Å². The number of aromatic nitrogens is 2. The molecule has 18 heavy (non-hydrogen) atoms. The van der Waals surface area contributed by atoms with Crippen molar-refractivity contribution in [3.63, 3.8) is 0 Å². The van der Waals surface area contributed by atoms with Crippen LogP contribution >= 0.6 is 11.6 Å². The Morgan fingerprint density at radius 2 is 2.11 bits per heavy atom. The molecule has 0 aliphatic carbocycles. The molecule has 0 bridgehead atoms. The van der Waals surface area contributed by atoms with Gasteiger partial charge in [-0.2, -0.15) is 4.98 Å². The van der Waals surface area contributed by atoms with Crippen LogP contribution in [0, 0.1) is 0 Å². The predicted octanol–water partition coefficient (Wildman–Crippen LogP) is 1.81. The van der Waals surface area contributed by atoms with Gasteiger partial charge in [-0.25, -0.2) is 4.98 Å². The van der Waals surface area contributed by atoms with E-state index >= 15 is 0 Å². The summed E-state index contributed by atoms with van der Waals surface area (Å²) in [5.74, 6) is 1.58. The first-order chi connectivity index (χ1) is 8.70. The minimum Gasteiger partial charge on any atom is -0.383 e. The lowest BCUT2D eigenvalue weighted by atomic mass is 10.4. The molecule has 1 saturated heterocycles. The molecule has 100 valence electrons. The van der Waals surface area contributed by atoms with Crippen molar-refractivity contribution >= 4 is 23.4 Å². The fourth-order valence-electron chi connectivity index (χ4n) is 2.00. The Bertz CT molecular complexity index is 396. The summed E-state index contributed by atoms with van der Waals surface area (Å²) in [6, 6.07) is 1.83. The minimum atomic E-state index is 0.492. The van der Waals surface area contributed by atoms with Gasteiger partial charge in [0.15, 0.2) is 0 Å². The van der Waals surface area contributed by atoms with Gasteiger partial charge in [0.1, 0.15) is 11.0 Å². The van der Waals surface area contributed by atoms with Gasteiger partial charge in [-0.3, -0.25) is 0 Å². The number of nitrogens with zero attached hydrogens (tertiary/aromatic N) is 4. The van der Waals surface area contributed by atoms with Crippen LogP contribution in [0.1, 0.15) is 12.8 Å². The molecule has 1 aromatic heterocycles. The average molecular weight is 271 g/mol. The molecule has 1 fully saturated rings. The van der Waals surface area contributed by atoms with E-state index in [1.165, 1.54) is 12.8 Å². The first-order valence-electron chi connectivity index (χ1n) is 6.20. The average Bonchev–Trinajstić information content (AvgIpc) is 2.89. The van der Waals surface area contributed by atoms with Gasteiger partial charge >= 0.3 is 0 Å². The Balaban J connectivity index is 2.14. The van der Waals surface area contributed by atoms with Crippen molar-refractivity contribution in [1.29, 1.82) is 0 Å². The smallest absolute Gasteiger partial charge is 0.228 e. The van der Waals surface area contributed by atoms with Gasteiger partial charge in [0.25, 0.3) is 0 Å². The molecule has 0 aromatic carbocycles. The predicted molar refractivity (Wildman–Crippen MR) is 73.6 cm³/mol. The third-order valence-electron chi connectivity index (χ3n) is 3.07. The maximum atomic E-state index is 6.07. The summed E-state index contributed by atoms with van der Waals surface area (Å²) in [4.78, 5) is 13.0. The fraction of sp³-hybridized carbons (Fsp3) is 0.667. The summed E-state index contributed by atoms with van der Waals surface area (Å²) >= 11 is 6.07. The van der Waals surface area contributed by atoms with Gasteiger partial charge in [-0.1, -0.05) is 11.6 Å². The van der Waals surface area contributed by atoms with Crippen molar-refractivity contribution in [1.82, 2.24) is 9.97 Å². The molecular formula is C12H19ClN4O. The summed E-state index contributed by atoms with van der Waals surface area (Å²) in [5, 5.41) is 0.492. The molecular weight excluding hydrogens is 252 g/mol. The molecule has 0 atom stereocenters. The second-order valence-corrected chi connectivity index (χ2v) is 4.84. The number of anilines is 2. The van der Waals surface area contributed by atoms with Crippen LogP contribution in [0.25, 0.3) is 0 Å². The van der Waals surface area contributed by atoms with Gasteiger partial charge in [-0.05, 0) is 12.8 Å². The van der Waals surface area contributed by atoms with Crippen LogP contribution in [0.3, 0.4) is 0 Å². The van der Waals surface area contributed by atoms with Crippen LogP contribution in [-0.2, 0) is 4.74 Å². The molecule has 6 heteroatoms. The number of rotatable bonds is 5. The van der Waals surface area contributed by atoms with E-state index in [0.717, 1.165) is 25.5 Å². The molecule has 5 nitrogen and oxygen atoms in total. The number of hydrogen-bond donors (Lipinski definition) is 0. The highest BCUT2D eigenvalue weighted by molar-refractivity contribution is 6.29. The molecule has 0 saturated carbocycles. The highest BCUT2D eigenvalue weighted by Gasteiger charge is 2.16. The van der Waals surface area contributed by atoms with Crippen LogP contribution in [-0.4, -0.2) is 50.4 Å². The Hall–Kier alpha value is -1.07. The monoisotopic (exact) mass is 270 g/mol. The van der Waals surface area contributed by atoms with E-state index in [0.29, 0.717) is 17.7 Å². The first-order valence-corrected chi connectivity index (χ1v) is 6.58. The topological polar surface area (TPSA) is 41.5 Å². The summed E-state index contributed by atoms with van der Waals surface area (Å²) in [7, 11) is 3.63. The second kappa shape index (κ2) is 6.20. The Morgan fingerprint density at radius 1 is 1.39 bits per heavy atom. The number of halogens is 1. The molecule has 1 aliphatic heterocycles. The third kappa shape index (κ3) is 3.23. The van der Waals surface area contributed by atoms with E-state index in [9.17, 15) is 0 Å². The number of likely N-dealkylation sites (N-methyl/N-ethyl adjacent to an activating group) is 1. The number of ether oxygens (including phenoxy) is 1. The van der Waals surface area contributed by atoms with Crippen molar-refractivity contribution in [3.05, 3.63) is 11.2 Å². The van der Waals surface area contributed by atoms with E-state index in [1.807, 2.05) is 18.0 Å². The lowest BCUT2D eigenvalue weighted by molar-refractivity contribution is 0.206. The maximum absolute atomic E-state index is 6.07. The normalized spacial score (nSPS) is 15.2. The van der Waals surface area contributed by atoms with E-state index in [2.05, 4.69) is 14.9 Å². The van der Waals surface area contributed by atoms with Crippen molar-refractivity contribution in [2.45, 2.75) is 12.8 Å². The van der Waals surface area contributed by atoms with E-state index in [-0.39, 0.29) is 0 Å². The Kier molecular flexibility index (Phi) is 4.60. The standard InChI is InChI=1S/C12H19ClN4O/c1-16(7-8-18-2)12-14-10(13)9-11(15-12)17-5-3-4-6-17/h9H,3-8H2,1-2H3. The SMILES string of the molecule is COCCN(C)c1nc(Cl)cc(N2CCCC2)n1. The molecule has 0 spiro atoms. The molecule has 0 N–H and O–H groups in total. The van der Waals surface area contributed by atoms with Gasteiger partial charge in [0, 0.05) is 39.9 Å². The van der Waals surface area contributed by atoms with E-state index < -0.39 is 0 Å². The van der Waals surface area contributed by atoms with Crippen molar-refractivity contribution in [2.24, 2.45) is 0 Å². The molecule has 1 aliphatic rings. The van der Waals surface area contributed by atoms with E-state index in [1.54, 1.807) is 7.11 Å². The van der Waals surface area contributed by atoms with Crippen LogP contribution in [0.2, 0.25) is 5.15 Å². The van der Waals surface area contributed by atoms with Gasteiger partial charge in [0.05, 0.1) is 6.61 Å².